The van der Waals surface area contributed by atoms with Gasteiger partial charge in [-0.05, 0) is 53.2 Å². The Morgan fingerprint density at radius 2 is 1.78 bits per heavy atom. The number of carboxylic acid groups (broad SMARTS) is 1. The van der Waals surface area contributed by atoms with Crippen molar-refractivity contribution in [3.05, 3.63) is 58.7 Å². The molecule has 0 aromatic heterocycles. The van der Waals surface area contributed by atoms with Crippen LogP contribution in [-0.4, -0.2) is 54.7 Å². The van der Waals surface area contributed by atoms with Gasteiger partial charge in [-0.25, -0.2) is 13.2 Å². The van der Waals surface area contributed by atoms with Crippen molar-refractivity contribution in [2.24, 2.45) is 5.92 Å². The number of hydrogen-bond acceptors (Lipinski definition) is 6. The fourth-order valence-electron chi connectivity index (χ4n) is 4.01. The third-order valence-corrected chi connectivity index (χ3v) is 6.79. The van der Waals surface area contributed by atoms with Crippen LogP contribution in [0.5, 0.6) is 0 Å². The Bertz CT molecular complexity index is 1150. The number of carbonyl (C=O) groups excluding carboxylic acids is 1. The number of benzene rings is 2. The predicted molar refractivity (Wildman–Crippen MR) is 119 cm³/mol. The van der Waals surface area contributed by atoms with Crippen molar-refractivity contribution in [3.63, 3.8) is 0 Å². The zero-order chi connectivity index (χ0) is 23.8. The molecular weight excluding hydrogens is 433 g/mol. The molecule has 1 atom stereocenters. The Hall–Kier alpha value is -2.69. The van der Waals surface area contributed by atoms with Crippen molar-refractivity contribution < 1.29 is 32.8 Å². The summed E-state index contributed by atoms with van der Waals surface area (Å²) in [6, 6.07) is 8.24. The summed E-state index contributed by atoms with van der Waals surface area (Å²) in [5, 5.41) is 20.0. The lowest BCUT2D eigenvalue weighted by molar-refractivity contribution is -0.144. The first-order chi connectivity index (χ1) is 14.9. The van der Waals surface area contributed by atoms with Crippen LogP contribution >= 0.6 is 0 Å². The summed E-state index contributed by atoms with van der Waals surface area (Å²) >= 11 is 0. The van der Waals surface area contributed by atoms with Gasteiger partial charge >= 0.3 is 13.1 Å². The molecule has 0 unspecified atom stereocenters. The first kappa shape index (κ1) is 24.0. The van der Waals surface area contributed by atoms with Gasteiger partial charge in [0.2, 0.25) is 0 Å². The molecule has 0 aliphatic carbocycles. The maximum Gasteiger partial charge on any atom is 0.492 e. The lowest BCUT2D eigenvalue weighted by atomic mass is 9.75. The highest BCUT2D eigenvalue weighted by molar-refractivity contribution is 7.90. The van der Waals surface area contributed by atoms with Gasteiger partial charge in [0.1, 0.15) is 6.04 Å². The van der Waals surface area contributed by atoms with Crippen molar-refractivity contribution in [1.82, 2.24) is 4.90 Å². The lowest BCUT2D eigenvalue weighted by Crippen LogP contribution is -2.48. The van der Waals surface area contributed by atoms with Crippen LogP contribution in [0.15, 0.2) is 41.3 Å². The molecule has 0 bridgehead atoms. The highest BCUT2D eigenvalue weighted by Crippen LogP contribution is 2.23. The van der Waals surface area contributed by atoms with Gasteiger partial charge in [0, 0.05) is 18.4 Å². The molecule has 2 N–H and O–H groups in total. The Balaban J connectivity index is 2.03. The van der Waals surface area contributed by atoms with Crippen molar-refractivity contribution in [2.75, 3.05) is 6.26 Å². The van der Waals surface area contributed by atoms with Crippen molar-refractivity contribution >= 4 is 34.3 Å². The summed E-state index contributed by atoms with van der Waals surface area (Å²) in [5.41, 5.74) is 2.74. The number of aliphatic carboxylic acids is 1. The van der Waals surface area contributed by atoms with Crippen LogP contribution in [0.2, 0.25) is 0 Å². The maximum atomic E-state index is 13.6. The minimum Gasteiger partial charge on any atom is -0.480 e. The van der Waals surface area contributed by atoms with Gasteiger partial charge in [-0.15, -0.1) is 0 Å². The molecule has 0 saturated heterocycles. The van der Waals surface area contributed by atoms with E-state index in [1.54, 1.807) is 45.0 Å². The number of carboxylic acids is 1. The van der Waals surface area contributed by atoms with Gasteiger partial charge in [0.25, 0.3) is 5.91 Å². The molecule has 1 amide bonds. The second-order valence-corrected chi connectivity index (χ2v) is 10.4. The predicted octanol–water partition coefficient (Wildman–Crippen LogP) is 1.37. The number of fused-ring (bicyclic) bond motifs is 1. The number of nitrogens with zero attached hydrogens (tertiary/aromatic N) is 1. The number of carbonyl (C=O) groups is 2. The van der Waals surface area contributed by atoms with Crippen LogP contribution in [0.25, 0.3) is 0 Å². The van der Waals surface area contributed by atoms with Crippen LogP contribution in [0.4, 0.5) is 0 Å². The molecule has 1 heterocycles. The van der Waals surface area contributed by atoms with Crippen LogP contribution in [0, 0.1) is 12.8 Å². The number of amides is 1. The van der Waals surface area contributed by atoms with Gasteiger partial charge in [0.15, 0.2) is 9.84 Å². The van der Waals surface area contributed by atoms with E-state index in [1.165, 1.54) is 17.0 Å². The van der Waals surface area contributed by atoms with Crippen LogP contribution in [-0.2, 0) is 32.4 Å². The topological polar surface area (TPSA) is 121 Å². The lowest BCUT2D eigenvalue weighted by Gasteiger charge is -2.32. The fourth-order valence-corrected chi connectivity index (χ4v) is 4.64. The standard InChI is InChI=1S/C22H26BNO7S/c1-13(2)20(22(26)27)24(11-15-5-8-17(9-6-15)32(4,29)30)21(25)18-10-7-16-12-31-23(28)19(16)14(18)3/h5-10,13,20,28H,11-12H2,1-4H3,(H,26,27)/t20-/m0/s1. The minimum absolute atomic E-state index is 0.0202. The molecule has 32 heavy (non-hydrogen) atoms. The molecule has 10 heteroatoms. The van der Waals surface area contributed by atoms with Gasteiger partial charge in [-0.3, -0.25) is 4.79 Å². The van der Waals surface area contributed by atoms with E-state index >= 15 is 0 Å². The third-order valence-electron chi connectivity index (χ3n) is 5.66. The summed E-state index contributed by atoms with van der Waals surface area (Å²) in [7, 11) is -4.51. The van der Waals surface area contributed by atoms with E-state index < -0.39 is 34.9 Å². The molecule has 1 aliphatic rings. The highest BCUT2D eigenvalue weighted by atomic mass is 32.2. The normalized spacial score (nSPS) is 14.4. The van der Waals surface area contributed by atoms with E-state index in [4.69, 9.17) is 4.65 Å². The third kappa shape index (κ3) is 4.72. The zero-order valence-electron chi connectivity index (χ0n) is 18.4. The van der Waals surface area contributed by atoms with Crippen molar-refractivity contribution in [3.8, 4) is 0 Å². The molecule has 0 spiro atoms. The summed E-state index contributed by atoms with van der Waals surface area (Å²) < 4.78 is 28.7. The van der Waals surface area contributed by atoms with E-state index in [0.29, 0.717) is 16.6 Å². The van der Waals surface area contributed by atoms with Gasteiger partial charge in [0.05, 0.1) is 11.5 Å². The van der Waals surface area contributed by atoms with Gasteiger partial charge in [-0.2, -0.15) is 0 Å². The average molecular weight is 459 g/mol. The molecule has 3 rings (SSSR count). The molecule has 0 fully saturated rings. The molecule has 1 aliphatic heterocycles. The quantitative estimate of drug-likeness (QED) is 0.600. The fraction of sp³-hybridized carbons (Fsp3) is 0.364. The van der Waals surface area contributed by atoms with E-state index in [9.17, 15) is 28.1 Å². The number of rotatable bonds is 7. The molecule has 2 aromatic carbocycles. The Kier molecular flexibility index (Phi) is 6.78. The second-order valence-electron chi connectivity index (χ2n) is 8.35. The second kappa shape index (κ2) is 9.05. The Labute approximate surface area is 187 Å². The van der Waals surface area contributed by atoms with E-state index in [2.05, 4.69) is 0 Å². The molecular formula is C22H26BNO7S. The first-order valence-electron chi connectivity index (χ1n) is 10.2. The first-order valence-corrected chi connectivity index (χ1v) is 12.1. The number of hydrogen-bond donors (Lipinski definition) is 2. The summed E-state index contributed by atoms with van der Waals surface area (Å²) in [6.45, 7) is 5.37. The molecule has 0 saturated carbocycles. The van der Waals surface area contributed by atoms with Gasteiger partial charge in [-0.1, -0.05) is 32.0 Å². The largest absolute Gasteiger partial charge is 0.492 e. The van der Waals surface area contributed by atoms with Crippen LogP contribution in [0.1, 0.15) is 40.9 Å². The summed E-state index contributed by atoms with van der Waals surface area (Å²) in [5.74, 6) is -2.00. The van der Waals surface area contributed by atoms with Crippen molar-refractivity contribution in [2.45, 2.75) is 44.9 Å². The molecule has 2 aromatic rings. The minimum atomic E-state index is -3.38. The monoisotopic (exact) mass is 459 g/mol. The summed E-state index contributed by atoms with van der Waals surface area (Å²) in [4.78, 5) is 27.1. The Morgan fingerprint density at radius 3 is 2.31 bits per heavy atom. The van der Waals surface area contributed by atoms with Crippen LogP contribution in [0.3, 0.4) is 0 Å². The van der Waals surface area contributed by atoms with Crippen LogP contribution < -0.4 is 5.46 Å². The van der Waals surface area contributed by atoms with E-state index in [-0.39, 0.29) is 29.5 Å². The summed E-state index contributed by atoms with van der Waals surface area (Å²) in [6.07, 6.45) is 1.10. The van der Waals surface area contributed by atoms with E-state index in [0.717, 1.165) is 11.8 Å². The van der Waals surface area contributed by atoms with E-state index in [1.807, 2.05) is 0 Å². The number of sulfone groups is 1. The highest BCUT2D eigenvalue weighted by Gasteiger charge is 2.36. The average Bonchev–Trinajstić information content (AvgIpc) is 3.08. The van der Waals surface area contributed by atoms with Gasteiger partial charge < -0.3 is 19.7 Å². The SMILES string of the molecule is Cc1c(C(=O)N(Cc2ccc(S(C)(=O)=O)cc2)[C@H](C(=O)O)C(C)C)ccc2c1B(O)OC2. The molecule has 170 valence electrons. The smallest absolute Gasteiger partial charge is 0.480 e. The molecule has 0 radical (unpaired) electrons. The van der Waals surface area contributed by atoms with Crippen molar-refractivity contribution in [1.29, 1.82) is 0 Å². The molecule has 8 nitrogen and oxygen atoms in total. The Morgan fingerprint density at radius 1 is 1.16 bits per heavy atom. The maximum absolute atomic E-state index is 13.6. The zero-order valence-corrected chi connectivity index (χ0v) is 19.2.